The van der Waals surface area contributed by atoms with Crippen LogP contribution in [0, 0.1) is 17.3 Å². The molecule has 2 unspecified atom stereocenters. The van der Waals surface area contributed by atoms with Crippen molar-refractivity contribution in [3.8, 4) is 0 Å². The number of amides is 1. The van der Waals surface area contributed by atoms with E-state index in [1.54, 1.807) is 0 Å². The Bertz CT molecular complexity index is 335. The highest BCUT2D eigenvalue weighted by Gasteiger charge is 2.66. The lowest BCUT2D eigenvalue weighted by Gasteiger charge is -2.27. The predicted molar refractivity (Wildman–Crippen MR) is 62.0 cm³/mol. The van der Waals surface area contributed by atoms with Gasteiger partial charge in [0.05, 0.1) is 11.8 Å². The highest BCUT2D eigenvalue weighted by Crippen LogP contribution is 2.58. The minimum atomic E-state index is -0.867. The number of nitrogens with zero attached hydrogens (tertiary/aromatic N) is 1. The van der Waals surface area contributed by atoms with Gasteiger partial charge in [-0.1, -0.05) is 20.3 Å². The number of hydrazine groups is 1. The average molecular weight is 240 g/mol. The van der Waals surface area contributed by atoms with Crippen molar-refractivity contribution in [2.75, 3.05) is 13.1 Å². The van der Waals surface area contributed by atoms with E-state index in [-0.39, 0.29) is 11.8 Å². The van der Waals surface area contributed by atoms with Crippen LogP contribution >= 0.6 is 0 Å². The fourth-order valence-electron chi connectivity index (χ4n) is 2.82. The largest absolute Gasteiger partial charge is 0.481 e. The number of aliphatic carboxylic acids is 1. The molecule has 0 aromatic rings. The number of carboxylic acid groups (broad SMARTS) is 1. The van der Waals surface area contributed by atoms with Crippen LogP contribution in [-0.4, -0.2) is 35.1 Å². The van der Waals surface area contributed by atoms with E-state index in [0.717, 1.165) is 25.9 Å². The summed E-state index contributed by atoms with van der Waals surface area (Å²) in [6.07, 6.45) is 3.40. The highest BCUT2D eigenvalue weighted by atomic mass is 16.4. The molecule has 1 aliphatic carbocycles. The van der Waals surface area contributed by atoms with E-state index in [2.05, 4.69) is 5.43 Å². The summed E-state index contributed by atoms with van der Waals surface area (Å²) in [5.74, 6) is -1.92. The number of piperidine rings is 1. The van der Waals surface area contributed by atoms with Crippen LogP contribution in [-0.2, 0) is 9.59 Å². The zero-order valence-corrected chi connectivity index (χ0v) is 10.4. The van der Waals surface area contributed by atoms with Crippen molar-refractivity contribution in [2.45, 2.75) is 33.1 Å². The lowest BCUT2D eigenvalue weighted by molar-refractivity contribution is -0.141. The fourth-order valence-corrected chi connectivity index (χ4v) is 2.82. The number of rotatable bonds is 3. The van der Waals surface area contributed by atoms with Crippen LogP contribution in [0.1, 0.15) is 33.1 Å². The molecule has 0 bridgehead atoms. The molecule has 1 saturated carbocycles. The minimum absolute atomic E-state index is 0.135. The van der Waals surface area contributed by atoms with Crippen LogP contribution in [0.4, 0.5) is 0 Å². The molecule has 2 aliphatic rings. The van der Waals surface area contributed by atoms with Crippen molar-refractivity contribution in [1.29, 1.82) is 0 Å². The topological polar surface area (TPSA) is 69.6 Å². The molecule has 2 rings (SSSR count). The molecule has 0 aromatic heterocycles. The summed E-state index contributed by atoms with van der Waals surface area (Å²) in [7, 11) is 0. The van der Waals surface area contributed by atoms with Crippen LogP contribution in [0.5, 0.6) is 0 Å². The van der Waals surface area contributed by atoms with Gasteiger partial charge in [0.2, 0.25) is 5.91 Å². The Hall–Kier alpha value is -1.10. The van der Waals surface area contributed by atoms with Gasteiger partial charge in [-0.05, 0) is 18.3 Å². The van der Waals surface area contributed by atoms with E-state index in [1.807, 2.05) is 18.9 Å². The summed E-state index contributed by atoms with van der Waals surface area (Å²) in [5, 5.41) is 10.9. The molecule has 5 heteroatoms. The van der Waals surface area contributed by atoms with Crippen LogP contribution in [0.15, 0.2) is 0 Å². The van der Waals surface area contributed by atoms with Gasteiger partial charge >= 0.3 is 5.97 Å². The summed E-state index contributed by atoms with van der Waals surface area (Å²) < 4.78 is 0. The predicted octanol–water partition coefficient (Wildman–Crippen LogP) is 0.860. The van der Waals surface area contributed by atoms with E-state index in [4.69, 9.17) is 5.11 Å². The second kappa shape index (κ2) is 4.29. The van der Waals surface area contributed by atoms with Crippen LogP contribution in [0.3, 0.4) is 0 Å². The third-order valence-electron chi connectivity index (χ3n) is 4.00. The van der Waals surface area contributed by atoms with E-state index < -0.39 is 17.3 Å². The zero-order chi connectivity index (χ0) is 12.6. The Morgan fingerprint density at radius 1 is 1.18 bits per heavy atom. The van der Waals surface area contributed by atoms with E-state index >= 15 is 0 Å². The molecule has 0 spiro atoms. The molecule has 17 heavy (non-hydrogen) atoms. The van der Waals surface area contributed by atoms with Crippen molar-refractivity contribution in [3.63, 3.8) is 0 Å². The molecule has 2 N–H and O–H groups in total. The van der Waals surface area contributed by atoms with E-state index in [1.165, 1.54) is 6.42 Å². The van der Waals surface area contributed by atoms with Gasteiger partial charge < -0.3 is 5.11 Å². The number of carbonyl (C=O) groups is 2. The molecule has 0 aromatic carbocycles. The molecule has 2 atom stereocenters. The normalized spacial score (nSPS) is 31.9. The smallest absolute Gasteiger partial charge is 0.307 e. The van der Waals surface area contributed by atoms with Crippen molar-refractivity contribution in [1.82, 2.24) is 10.4 Å². The minimum Gasteiger partial charge on any atom is -0.481 e. The van der Waals surface area contributed by atoms with Crippen molar-refractivity contribution in [3.05, 3.63) is 0 Å². The number of nitrogens with one attached hydrogen (secondary N) is 1. The summed E-state index contributed by atoms with van der Waals surface area (Å²) in [4.78, 5) is 23.0. The molecular weight excluding hydrogens is 220 g/mol. The Morgan fingerprint density at radius 2 is 1.76 bits per heavy atom. The van der Waals surface area contributed by atoms with Gasteiger partial charge in [-0.2, -0.15) is 0 Å². The summed E-state index contributed by atoms with van der Waals surface area (Å²) in [6, 6.07) is 0. The average Bonchev–Trinajstić information content (AvgIpc) is 2.83. The molecule has 2 fully saturated rings. The molecule has 1 amide bonds. The number of carbonyl (C=O) groups excluding carboxylic acids is 1. The Morgan fingerprint density at radius 3 is 2.24 bits per heavy atom. The maximum atomic E-state index is 12.0. The van der Waals surface area contributed by atoms with Crippen molar-refractivity contribution in [2.24, 2.45) is 17.3 Å². The standard InChI is InChI=1S/C12H20N2O3/c1-12(2)8(9(12)11(16)17)10(15)13-14-6-4-3-5-7-14/h8-9H,3-7H2,1-2H3,(H,13,15)(H,16,17). The highest BCUT2D eigenvalue weighted by molar-refractivity contribution is 5.91. The number of carboxylic acids is 1. The first kappa shape index (κ1) is 12.4. The van der Waals surface area contributed by atoms with Crippen LogP contribution in [0.2, 0.25) is 0 Å². The fraction of sp³-hybridized carbons (Fsp3) is 0.833. The molecule has 96 valence electrons. The number of hydrogen-bond acceptors (Lipinski definition) is 3. The number of hydrogen-bond donors (Lipinski definition) is 2. The third kappa shape index (κ3) is 2.29. The SMILES string of the molecule is CC1(C)C(C(=O)O)C1C(=O)NN1CCCCC1. The molecule has 5 nitrogen and oxygen atoms in total. The summed E-state index contributed by atoms with van der Waals surface area (Å²) in [6.45, 7) is 5.42. The summed E-state index contributed by atoms with van der Waals surface area (Å²) >= 11 is 0. The van der Waals surface area contributed by atoms with E-state index in [0.29, 0.717) is 0 Å². The van der Waals surface area contributed by atoms with Gasteiger partial charge in [0, 0.05) is 13.1 Å². The van der Waals surface area contributed by atoms with Crippen molar-refractivity contribution >= 4 is 11.9 Å². The lowest BCUT2D eigenvalue weighted by atomic mass is 10.1. The second-order valence-electron chi connectivity index (χ2n) is 5.64. The summed E-state index contributed by atoms with van der Waals surface area (Å²) in [5.41, 5.74) is 2.44. The monoisotopic (exact) mass is 240 g/mol. The zero-order valence-electron chi connectivity index (χ0n) is 10.4. The Balaban J connectivity index is 1.90. The van der Waals surface area contributed by atoms with Gasteiger partial charge in [-0.25, -0.2) is 5.01 Å². The molecule has 1 saturated heterocycles. The van der Waals surface area contributed by atoms with Crippen LogP contribution in [0.25, 0.3) is 0 Å². The van der Waals surface area contributed by atoms with Gasteiger partial charge in [-0.15, -0.1) is 0 Å². The Labute approximate surface area is 101 Å². The Kier molecular flexibility index (Phi) is 3.12. The molecule has 0 radical (unpaired) electrons. The maximum absolute atomic E-state index is 12.0. The third-order valence-corrected chi connectivity index (χ3v) is 4.00. The second-order valence-corrected chi connectivity index (χ2v) is 5.64. The molecular formula is C12H20N2O3. The van der Waals surface area contributed by atoms with Gasteiger partial charge in [0.25, 0.3) is 0 Å². The maximum Gasteiger partial charge on any atom is 0.307 e. The van der Waals surface area contributed by atoms with Crippen molar-refractivity contribution < 1.29 is 14.7 Å². The van der Waals surface area contributed by atoms with Crippen LogP contribution < -0.4 is 5.43 Å². The quantitative estimate of drug-likeness (QED) is 0.767. The van der Waals surface area contributed by atoms with E-state index in [9.17, 15) is 9.59 Å². The van der Waals surface area contributed by atoms with Gasteiger partial charge in [-0.3, -0.25) is 15.0 Å². The molecule has 1 heterocycles. The van der Waals surface area contributed by atoms with Gasteiger partial charge in [0.15, 0.2) is 0 Å². The first-order valence-corrected chi connectivity index (χ1v) is 6.23. The first-order valence-electron chi connectivity index (χ1n) is 6.23. The lowest BCUT2D eigenvalue weighted by Crippen LogP contribution is -2.46. The van der Waals surface area contributed by atoms with Gasteiger partial charge in [0.1, 0.15) is 0 Å². The first-order chi connectivity index (χ1) is 7.94. The molecule has 1 aliphatic heterocycles.